The number of aliphatic carboxylic acids is 1. The highest BCUT2D eigenvalue weighted by Crippen LogP contribution is 2.71. The van der Waals surface area contributed by atoms with Crippen LogP contribution in [-0.2, 0) is 14.3 Å². The van der Waals surface area contributed by atoms with Gasteiger partial charge in [-0.1, -0.05) is 77.5 Å². The van der Waals surface area contributed by atoms with Gasteiger partial charge in [-0.05, 0) is 140 Å². The minimum atomic E-state index is -1.12. The van der Waals surface area contributed by atoms with Gasteiger partial charge in [-0.25, -0.2) is 0 Å². The van der Waals surface area contributed by atoms with Gasteiger partial charge in [-0.15, -0.1) is 6.58 Å². The van der Waals surface area contributed by atoms with Gasteiger partial charge in [0.1, 0.15) is 6.10 Å². The van der Waals surface area contributed by atoms with E-state index in [9.17, 15) is 14.7 Å². The Morgan fingerprint density at radius 3 is 2.18 bits per heavy atom. The van der Waals surface area contributed by atoms with Crippen molar-refractivity contribution in [3.63, 3.8) is 0 Å². The Labute approximate surface area is 300 Å². The van der Waals surface area contributed by atoms with Crippen LogP contribution in [0.1, 0.15) is 153 Å². The molecule has 0 aromatic heterocycles. The van der Waals surface area contributed by atoms with Crippen molar-refractivity contribution in [2.75, 3.05) is 0 Å². The number of carboxylic acids is 1. The molecule has 4 saturated carbocycles. The Hall–Kier alpha value is -2.30. The van der Waals surface area contributed by atoms with Crippen LogP contribution < -0.4 is 5.32 Å². The molecule has 4 aliphatic carbocycles. The van der Waals surface area contributed by atoms with Crippen LogP contribution in [-0.4, -0.2) is 28.7 Å². The molecule has 49 heavy (non-hydrogen) atoms. The Kier molecular flexibility index (Phi) is 13.4. The van der Waals surface area contributed by atoms with E-state index in [1.807, 2.05) is 6.92 Å². The molecule has 4 aliphatic rings. The van der Waals surface area contributed by atoms with Crippen molar-refractivity contribution < 1.29 is 19.4 Å². The zero-order chi connectivity index (χ0) is 37.0. The number of hydrogen-bond acceptors (Lipinski definition) is 4. The van der Waals surface area contributed by atoms with Crippen molar-refractivity contribution >= 4 is 11.9 Å². The molecule has 0 aromatic rings. The van der Waals surface area contributed by atoms with Gasteiger partial charge >= 0.3 is 11.9 Å². The van der Waals surface area contributed by atoms with Crippen molar-refractivity contribution in [3.8, 4) is 0 Å². The van der Waals surface area contributed by atoms with Crippen molar-refractivity contribution in [2.45, 2.75) is 165 Å². The fourth-order valence-electron chi connectivity index (χ4n) is 11.8. The number of hydrogen-bond donors (Lipinski definition) is 2. The number of carbonyl (C=O) groups is 2. The van der Waals surface area contributed by atoms with Crippen LogP contribution >= 0.6 is 0 Å². The maximum absolute atomic E-state index is 13.0. The summed E-state index contributed by atoms with van der Waals surface area (Å²) in [4.78, 5) is 24.7. The van der Waals surface area contributed by atoms with E-state index < -0.39 is 11.4 Å². The summed E-state index contributed by atoms with van der Waals surface area (Å²) in [6.07, 6.45) is 20.7. The fourth-order valence-corrected chi connectivity index (χ4v) is 11.8. The molecule has 0 bridgehead atoms. The number of nitrogens with one attached hydrogen (secondary N) is 1. The van der Waals surface area contributed by atoms with Crippen LogP contribution in [0, 0.1) is 51.2 Å². The van der Waals surface area contributed by atoms with Crippen LogP contribution in [0.2, 0.25) is 0 Å². The summed E-state index contributed by atoms with van der Waals surface area (Å²) in [5.41, 5.74) is 1.86. The van der Waals surface area contributed by atoms with E-state index in [-0.39, 0.29) is 34.9 Å². The molecule has 0 aliphatic heterocycles. The second kappa shape index (κ2) is 15.9. The number of carbonyl (C=O) groups excluding carboxylic acids is 1. The molecule has 2 N–H and O–H groups in total. The average molecular weight is 680 g/mol. The molecule has 0 radical (unpaired) electrons. The molecular formula is C44H73NO4. The summed E-state index contributed by atoms with van der Waals surface area (Å²) in [5.74, 6) is 1.97. The lowest BCUT2D eigenvalue weighted by atomic mass is 9.36. The number of fused-ring (bicyclic) bond motifs is 5. The predicted molar refractivity (Wildman–Crippen MR) is 205 cm³/mol. The van der Waals surface area contributed by atoms with Crippen LogP contribution in [0.5, 0.6) is 0 Å². The lowest BCUT2D eigenvalue weighted by Gasteiger charge is -2.69. The summed E-state index contributed by atoms with van der Waals surface area (Å²) in [5, 5.41) is 13.6. The molecule has 0 spiro atoms. The smallest absolute Gasteiger partial charge is 0.309 e. The monoisotopic (exact) mass is 680 g/mol. The van der Waals surface area contributed by atoms with Gasteiger partial charge in [0, 0.05) is 23.1 Å². The standard InChI is InChI=1S/C41H67NO4.C3H6/c1-12-14-16-27(3)25-28(4)42-41(11)24-19-30-29(31(41)15-13-2)17-18-33-39(30,9)22-20-32-38(7,8)34(21-23-40(32,33)10)46-35(43)26-37(5,6)36(44)45;1-3-2/h12,14,16,29-34,42H,4,13,15,17-26H2,1-3,5-11H3,(H,44,45);3H,1H2,2H3/b14-12-,27-16+;. The zero-order valence-electron chi connectivity index (χ0n) is 33.3. The van der Waals surface area contributed by atoms with Gasteiger partial charge in [0.05, 0.1) is 11.8 Å². The minimum absolute atomic E-state index is 0.0819. The highest BCUT2D eigenvalue weighted by atomic mass is 16.5. The third-order valence-electron chi connectivity index (χ3n) is 14.1. The molecule has 5 nitrogen and oxygen atoms in total. The van der Waals surface area contributed by atoms with Crippen LogP contribution in [0.15, 0.2) is 48.7 Å². The van der Waals surface area contributed by atoms with E-state index in [4.69, 9.17) is 4.74 Å². The summed E-state index contributed by atoms with van der Waals surface area (Å²) in [6.45, 7) is 32.0. The topological polar surface area (TPSA) is 75.6 Å². The Balaban J connectivity index is 0.00000209. The summed E-state index contributed by atoms with van der Waals surface area (Å²) in [7, 11) is 0. The molecule has 5 heteroatoms. The summed E-state index contributed by atoms with van der Waals surface area (Å²) in [6, 6.07) is 0. The van der Waals surface area contributed by atoms with E-state index in [0.717, 1.165) is 36.8 Å². The Morgan fingerprint density at radius 2 is 1.59 bits per heavy atom. The van der Waals surface area contributed by atoms with E-state index >= 15 is 0 Å². The number of carboxylic acid groups (broad SMARTS) is 1. The van der Waals surface area contributed by atoms with Crippen molar-refractivity contribution in [1.29, 1.82) is 0 Å². The van der Waals surface area contributed by atoms with Gasteiger partial charge in [0.2, 0.25) is 0 Å². The van der Waals surface area contributed by atoms with E-state index in [0.29, 0.717) is 23.2 Å². The normalized spacial score (nSPS) is 37.0. The van der Waals surface area contributed by atoms with Gasteiger partial charge < -0.3 is 15.2 Å². The Morgan fingerprint density at radius 1 is 0.959 bits per heavy atom. The molecule has 0 heterocycles. The number of rotatable bonds is 11. The first kappa shape index (κ1) is 41.1. The van der Waals surface area contributed by atoms with Gasteiger partial charge in [-0.2, -0.15) is 0 Å². The highest BCUT2D eigenvalue weighted by molar-refractivity contribution is 5.81. The van der Waals surface area contributed by atoms with Gasteiger partial charge in [0.15, 0.2) is 0 Å². The molecule has 278 valence electrons. The lowest BCUT2D eigenvalue weighted by molar-refractivity contribution is -0.220. The molecule has 0 amide bonds. The number of esters is 1. The molecule has 9 atom stereocenters. The van der Waals surface area contributed by atoms with Crippen LogP contribution in [0.3, 0.4) is 0 Å². The first-order valence-corrected chi connectivity index (χ1v) is 19.5. The lowest BCUT2D eigenvalue weighted by Crippen LogP contribution is -2.65. The number of ether oxygens (including phenoxy) is 1. The first-order valence-electron chi connectivity index (χ1n) is 19.5. The minimum Gasteiger partial charge on any atom is -0.481 e. The van der Waals surface area contributed by atoms with Gasteiger partial charge in [-0.3, -0.25) is 9.59 Å². The van der Waals surface area contributed by atoms with E-state index in [1.54, 1.807) is 19.9 Å². The molecular weight excluding hydrogens is 606 g/mol. The molecule has 4 fully saturated rings. The van der Waals surface area contributed by atoms with Crippen molar-refractivity contribution in [2.24, 2.45) is 51.2 Å². The third-order valence-corrected chi connectivity index (χ3v) is 14.1. The second-order valence-electron chi connectivity index (χ2n) is 18.4. The third kappa shape index (κ3) is 8.44. The maximum Gasteiger partial charge on any atom is 0.309 e. The van der Waals surface area contributed by atoms with Crippen molar-refractivity contribution in [1.82, 2.24) is 5.32 Å². The van der Waals surface area contributed by atoms with E-state index in [2.05, 4.69) is 92.1 Å². The molecule has 0 aromatic carbocycles. The van der Waals surface area contributed by atoms with Crippen LogP contribution in [0.25, 0.3) is 0 Å². The van der Waals surface area contributed by atoms with Gasteiger partial charge in [0.25, 0.3) is 0 Å². The highest BCUT2D eigenvalue weighted by Gasteiger charge is 2.66. The van der Waals surface area contributed by atoms with Crippen LogP contribution in [0.4, 0.5) is 0 Å². The van der Waals surface area contributed by atoms with E-state index in [1.165, 1.54) is 56.9 Å². The maximum atomic E-state index is 13.0. The van der Waals surface area contributed by atoms with Crippen molar-refractivity contribution in [3.05, 3.63) is 48.7 Å². The largest absolute Gasteiger partial charge is 0.481 e. The average Bonchev–Trinajstić information content (AvgIpc) is 2.98. The SMILES string of the molecule is C=C(C/C(C)=C/C=C\C)NC1(C)CCC2C(CCC3C2(C)CCC2C(C)(C)C(OC(=O)CC(C)(C)C(=O)O)CCC23C)C1CCC.C=CC. The summed E-state index contributed by atoms with van der Waals surface area (Å²) < 4.78 is 6.15. The second-order valence-corrected chi connectivity index (χ2v) is 18.4. The Bertz CT molecular complexity index is 1260. The zero-order valence-corrected chi connectivity index (χ0v) is 33.3. The summed E-state index contributed by atoms with van der Waals surface area (Å²) >= 11 is 0. The molecule has 4 rings (SSSR count). The molecule has 0 saturated heterocycles. The number of allylic oxidation sites excluding steroid dienone is 5. The quantitative estimate of drug-likeness (QED) is 0.129. The first-order chi connectivity index (χ1) is 22.8. The fraction of sp³-hybridized carbons (Fsp3) is 0.773. The predicted octanol–water partition coefficient (Wildman–Crippen LogP) is 11.5. The molecule has 9 unspecified atom stereocenters.